The van der Waals surface area contributed by atoms with Crippen LogP contribution in [-0.2, 0) is 11.1 Å². The van der Waals surface area contributed by atoms with Gasteiger partial charge in [0.25, 0.3) is 0 Å². The second-order valence-corrected chi connectivity index (χ2v) is 6.57. The highest BCUT2D eigenvalue weighted by Gasteiger charge is 2.40. The van der Waals surface area contributed by atoms with Crippen LogP contribution >= 0.6 is 0 Å². The number of rotatable bonds is 7. The van der Waals surface area contributed by atoms with Gasteiger partial charge >= 0.3 is 16.6 Å². The molecule has 1 unspecified atom stereocenters. The largest absolute Gasteiger partial charge is 0.508 e. The molecule has 138 valence electrons. The fourth-order valence-electron chi connectivity index (χ4n) is 2.14. The summed E-state index contributed by atoms with van der Waals surface area (Å²) in [5.74, 6) is -0.114. The van der Waals surface area contributed by atoms with E-state index in [0.717, 1.165) is 5.56 Å². The summed E-state index contributed by atoms with van der Waals surface area (Å²) in [5.41, 5.74) is -2.58. The van der Waals surface area contributed by atoms with Crippen molar-refractivity contribution in [2.75, 3.05) is 0 Å². The van der Waals surface area contributed by atoms with Crippen LogP contribution in [0.4, 0.5) is 13.2 Å². The van der Waals surface area contributed by atoms with Gasteiger partial charge in [-0.1, -0.05) is 55.1 Å². The van der Waals surface area contributed by atoms with Crippen LogP contribution in [0.15, 0.2) is 72.9 Å². The van der Waals surface area contributed by atoms with E-state index >= 15 is 0 Å². The number of benzene rings is 2. The van der Waals surface area contributed by atoms with Gasteiger partial charge in [-0.15, -0.1) is 0 Å². The summed E-state index contributed by atoms with van der Waals surface area (Å²) in [5, 5.41) is 3.14. The summed E-state index contributed by atoms with van der Waals surface area (Å²) in [4.78, 5) is 0. The zero-order valence-corrected chi connectivity index (χ0v) is 14.8. The van der Waals surface area contributed by atoms with Crippen molar-refractivity contribution in [1.29, 1.82) is 0 Å². The van der Waals surface area contributed by atoms with Gasteiger partial charge in [0.2, 0.25) is 0 Å². The van der Waals surface area contributed by atoms with E-state index in [9.17, 15) is 17.4 Å². The second-order valence-electron chi connectivity index (χ2n) is 5.47. The van der Waals surface area contributed by atoms with Crippen molar-refractivity contribution >= 4 is 17.2 Å². The molecule has 0 fully saturated rings. The van der Waals surface area contributed by atoms with E-state index in [2.05, 4.69) is 16.1 Å². The number of nitrogens with one attached hydrogen (secondary N) is 1. The van der Waals surface area contributed by atoms with Crippen molar-refractivity contribution in [3.63, 3.8) is 0 Å². The molecule has 0 bridgehead atoms. The van der Waals surface area contributed by atoms with Gasteiger partial charge in [-0.3, -0.25) is 0 Å². The van der Waals surface area contributed by atoms with Crippen molar-refractivity contribution in [3.8, 4) is 5.75 Å². The Labute approximate surface area is 152 Å². The average molecular weight is 381 g/mol. The molecule has 2 aromatic rings. The summed E-state index contributed by atoms with van der Waals surface area (Å²) >= 11 is -3.39. The fourth-order valence-corrected chi connectivity index (χ4v) is 2.51. The van der Waals surface area contributed by atoms with Gasteiger partial charge in [-0.05, 0) is 36.3 Å². The highest BCUT2D eigenvalue weighted by molar-refractivity contribution is 7.81. The van der Waals surface area contributed by atoms with Crippen LogP contribution in [0.1, 0.15) is 24.1 Å². The van der Waals surface area contributed by atoms with E-state index < -0.39 is 16.6 Å². The standard InChI is InChI=1S/C19H18F3NO2S/c1-14(11-12-16-7-4-3-5-8-16)23-15(2)17-9-6-10-18(13-17)25-26(24)19(20,21)22/h3-13,15,23H,1H2,2H3/b12-11+/t15-,26?/m0/s1. The zero-order valence-electron chi connectivity index (χ0n) is 14.0. The van der Waals surface area contributed by atoms with Gasteiger partial charge in [0, 0.05) is 11.7 Å². The van der Waals surface area contributed by atoms with Crippen LogP contribution in [-0.4, -0.2) is 9.72 Å². The van der Waals surface area contributed by atoms with Crippen LogP contribution in [0.3, 0.4) is 0 Å². The first-order valence-electron chi connectivity index (χ1n) is 7.71. The summed E-state index contributed by atoms with van der Waals surface area (Å²) in [6, 6.07) is 15.5. The number of allylic oxidation sites excluding steroid dienone is 1. The van der Waals surface area contributed by atoms with Gasteiger partial charge in [0.05, 0.1) is 0 Å². The van der Waals surface area contributed by atoms with E-state index in [4.69, 9.17) is 0 Å². The minimum atomic E-state index is -4.92. The quantitative estimate of drug-likeness (QED) is 0.676. The molecule has 7 heteroatoms. The molecule has 2 aromatic carbocycles. The fraction of sp³-hybridized carbons (Fsp3) is 0.158. The molecule has 26 heavy (non-hydrogen) atoms. The predicted octanol–water partition coefficient (Wildman–Crippen LogP) is 5.13. The van der Waals surface area contributed by atoms with E-state index in [0.29, 0.717) is 11.3 Å². The van der Waals surface area contributed by atoms with Gasteiger partial charge in [-0.25, -0.2) is 4.21 Å². The molecule has 3 nitrogen and oxygen atoms in total. The lowest BCUT2D eigenvalue weighted by molar-refractivity contribution is -0.0437. The van der Waals surface area contributed by atoms with Gasteiger partial charge in [0.15, 0.2) is 0 Å². The van der Waals surface area contributed by atoms with Crippen molar-refractivity contribution in [1.82, 2.24) is 5.32 Å². The predicted molar refractivity (Wildman–Crippen MR) is 97.4 cm³/mol. The third-order valence-corrected chi connectivity index (χ3v) is 4.12. The Morgan fingerprint density at radius 1 is 1.19 bits per heavy atom. The first-order chi connectivity index (χ1) is 12.3. The summed E-state index contributed by atoms with van der Waals surface area (Å²) in [6.45, 7) is 5.75. The summed E-state index contributed by atoms with van der Waals surface area (Å²) in [6.07, 6.45) is 3.71. The number of hydrogen-bond donors (Lipinski definition) is 1. The molecule has 2 rings (SSSR count). The molecular formula is C19H18F3NO2S. The second kappa shape index (κ2) is 8.71. The smallest absolute Gasteiger partial charge is 0.394 e. The first-order valence-corrected chi connectivity index (χ1v) is 8.78. The van der Waals surface area contributed by atoms with Crippen molar-refractivity contribution in [2.24, 2.45) is 0 Å². The first kappa shape index (κ1) is 19.8. The molecule has 0 spiro atoms. The SMILES string of the molecule is C=C(/C=C/c1ccccc1)N[C@@H](C)c1cccc(OS(=O)C(F)(F)F)c1. The topological polar surface area (TPSA) is 38.3 Å². The Hall–Kier alpha value is -2.54. The Morgan fingerprint density at radius 3 is 2.54 bits per heavy atom. The van der Waals surface area contributed by atoms with Crippen LogP contribution in [0, 0.1) is 0 Å². The molecule has 0 radical (unpaired) electrons. The Morgan fingerprint density at radius 2 is 1.88 bits per heavy atom. The minimum Gasteiger partial charge on any atom is -0.394 e. The maximum Gasteiger partial charge on any atom is 0.508 e. The summed E-state index contributed by atoms with van der Waals surface area (Å²) in [7, 11) is 0. The highest BCUT2D eigenvalue weighted by atomic mass is 32.2. The van der Waals surface area contributed by atoms with Crippen molar-refractivity contribution < 1.29 is 21.6 Å². The lowest BCUT2D eigenvalue weighted by Gasteiger charge is -2.17. The van der Waals surface area contributed by atoms with Gasteiger partial charge < -0.3 is 9.50 Å². The van der Waals surface area contributed by atoms with E-state index in [-0.39, 0.29) is 11.8 Å². The molecule has 0 aliphatic carbocycles. The molecule has 0 saturated heterocycles. The molecule has 0 amide bonds. The van der Waals surface area contributed by atoms with E-state index in [1.807, 2.05) is 49.4 Å². The van der Waals surface area contributed by atoms with Crippen LogP contribution in [0.5, 0.6) is 5.75 Å². The highest BCUT2D eigenvalue weighted by Crippen LogP contribution is 2.25. The molecule has 1 N–H and O–H groups in total. The molecule has 0 aliphatic rings. The molecular weight excluding hydrogens is 363 g/mol. The lowest BCUT2D eigenvalue weighted by Crippen LogP contribution is -2.21. The molecule has 0 aromatic heterocycles. The van der Waals surface area contributed by atoms with Crippen molar-refractivity contribution in [2.45, 2.75) is 18.5 Å². The normalized spacial score (nSPS) is 14.0. The maximum absolute atomic E-state index is 12.3. The van der Waals surface area contributed by atoms with Gasteiger partial charge in [0.1, 0.15) is 5.75 Å². The van der Waals surface area contributed by atoms with Crippen molar-refractivity contribution in [3.05, 3.63) is 84.1 Å². The van der Waals surface area contributed by atoms with E-state index in [1.165, 1.54) is 12.1 Å². The van der Waals surface area contributed by atoms with Crippen LogP contribution < -0.4 is 9.50 Å². The van der Waals surface area contributed by atoms with Crippen LogP contribution in [0.25, 0.3) is 6.08 Å². The minimum absolute atomic E-state index is 0.114. The van der Waals surface area contributed by atoms with Crippen LogP contribution in [0.2, 0.25) is 0 Å². The number of alkyl halides is 3. The summed E-state index contributed by atoms with van der Waals surface area (Å²) < 4.78 is 52.5. The number of halogens is 3. The molecule has 2 atom stereocenters. The monoisotopic (exact) mass is 381 g/mol. The van der Waals surface area contributed by atoms with E-state index in [1.54, 1.807) is 12.1 Å². The third-order valence-electron chi connectivity index (χ3n) is 3.40. The lowest BCUT2D eigenvalue weighted by atomic mass is 10.1. The van der Waals surface area contributed by atoms with Gasteiger partial charge in [-0.2, -0.15) is 13.2 Å². The molecule has 0 aliphatic heterocycles. The Bertz CT molecular complexity index is 804. The maximum atomic E-state index is 12.3. The number of hydrogen-bond acceptors (Lipinski definition) is 3. The Balaban J connectivity index is 2.00. The zero-order chi connectivity index (χ0) is 19.2. The Kier molecular flexibility index (Phi) is 6.63. The molecule has 0 heterocycles. The molecule has 0 saturated carbocycles. The third kappa shape index (κ3) is 6.07. The average Bonchev–Trinajstić information content (AvgIpc) is 2.60.